The maximum Gasteiger partial charge on any atom is 0.257 e. The van der Waals surface area contributed by atoms with Crippen LogP contribution in [0.2, 0.25) is 0 Å². The van der Waals surface area contributed by atoms with Gasteiger partial charge in [0, 0.05) is 25.6 Å². The van der Waals surface area contributed by atoms with Gasteiger partial charge in [0.2, 0.25) is 10.0 Å². The molecule has 2 aromatic heterocycles. The van der Waals surface area contributed by atoms with Crippen LogP contribution < -0.4 is 0 Å². The van der Waals surface area contributed by atoms with Crippen molar-refractivity contribution in [3.8, 4) is 11.5 Å². The van der Waals surface area contributed by atoms with Gasteiger partial charge in [-0.1, -0.05) is 28.0 Å². The van der Waals surface area contributed by atoms with Crippen LogP contribution in [0.15, 0.2) is 38.2 Å². The van der Waals surface area contributed by atoms with Gasteiger partial charge in [0.1, 0.15) is 10.6 Å². The SMILES string of the molecule is Cc1cccc(-c2nc(CCN(C)S(=O)(=O)c3c(C)noc3C)no2)c1. The number of hydrogen-bond acceptors (Lipinski definition) is 7. The maximum atomic E-state index is 12.7. The van der Waals surface area contributed by atoms with E-state index in [0.717, 1.165) is 11.1 Å². The zero-order valence-corrected chi connectivity index (χ0v) is 15.9. The Bertz CT molecular complexity index is 1000. The molecule has 3 aromatic rings. The van der Waals surface area contributed by atoms with Crippen LogP contribution in [0.4, 0.5) is 0 Å². The molecule has 0 amide bonds. The molecule has 138 valence electrons. The molecule has 26 heavy (non-hydrogen) atoms. The van der Waals surface area contributed by atoms with Crippen LogP contribution in [-0.4, -0.2) is 41.6 Å². The molecular weight excluding hydrogens is 356 g/mol. The van der Waals surface area contributed by atoms with Crippen LogP contribution in [0.25, 0.3) is 11.5 Å². The van der Waals surface area contributed by atoms with Gasteiger partial charge in [-0.25, -0.2) is 12.7 Å². The van der Waals surface area contributed by atoms with Crippen molar-refractivity contribution in [3.63, 3.8) is 0 Å². The minimum absolute atomic E-state index is 0.105. The molecule has 0 spiro atoms. The highest BCUT2D eigenvalue weighted by atomic mass is 32.2. The number of hydrogen-bond donors (Lipinski definition) is 0. The molecule has 0 unspecified atom stereocenters. The van der Waals surface area contributed by atoms with Crippen molar-refractivity contribution in [3.05, 3.63) is 47.1 Å². The molecule has 0 saturated heterocycles. The fraction of sp³-hybridized carbons (Fsp3) is 0.353. The smallest absolute Gasteiger partial charge is 0.257 e. The molecule has 1 aromatic carbocycles. The van der Waals surface area contributed by atoms with Gasteiger partial charge in [-0.2, -0.15) is 4.98 Å². The highest BCUT2D eigenvalue weighted by molar-refractivity contribution is 7.89. The van der Waals surface area contributed by atoms with Crippen molar-refractivity contribution in [1.82, 2.24) is 19.6 Å². The summed E-state index contributed by atoms with van der Waals surface area (Å²) in [4.78, 5) is 4.45. The molecule has 3 rings (SSSR count). The summed E-state index contributed by atoms with van der Waals surface area (Å²) >= 11 is 0. The average Bonchev–Trinajstić information content (AvgIpc) is 3.19. The Kier molecular flexibility index (Phi) is 4.92. The lowest BCUT2D eigenvalue weighted by Crippen LogP contribution is -2.30. The first kappa shape index (κ1) is 18.3. The largest absolute Gasteiger partial charge is 0.360 e. The van der Waals surface area contributed by atoms with Crippen molar-refractivity contribution < 1.29 is 17.5 Å². The molecule has 2 heterocycles. The van der Waals surface area contributed by atoms with Crippen LogP contribution in [0.1, 0.15) is 22.8 Å². The third-order valence-corrected chi connectivity index (χ3v) is 6.12. The Labute approximate surface area is 151 Å². The molecule has 0 saturated carbocycles. The van der Waals surface area contributed by atoms with E-state index in [2.05, 4.69) is 15.3 Å². The van der Waals surface area contributed by atoms with Crippen LogP contribution >= 0.6 is 0 Å². The minimum Gasteiger partial charge on any atom is -0.360 e. The summed E-state index contributed by atoms with van der Waals surface area (Å²) in [5.41, 5.74) is 2.27. The second kappa shape index (κ2) is 7.00. The van der Waals surface area contributed by atoms with Gasteiger partial charge in [0.25, 0.3) is 5.89 Å². The zero-order valence-electron chi connectivity index (χ0n) is 15.1. The lowest BCUT2D eigenvalue weighted by molar-refractivity contribution is 0.389. The summed E-state index contributed by atoms with van der Waals surface area (Å²) < 4.78 is 36.8. The number of nitrogens with zero attached hydrogens (tertiary/aromatic N) is 4. The zero-order chi connectivity index (χ0) is 18.9. The van der Waals surface area contributed by atoms with E-state index < -0.39 is 10.0 Å². The summed E-state index contributed by atoms with van der Waals surface area (Å²) in [6, 6.07) is 7.73. The minimum atomic E-state index is -3.69. The highest BCUT2D eigenvalue weighted by Crippen LogP contribution is 2.23. The van der Waals surface area contributed by atoms with Crippen molar-refractivity contribution >= 4 is 10.0 Å². The number of benzene rings is 1. The first-order chi connectivity index (χ1) is 12.3. The molecule has 0 fully saturated rings. The standard InChI is InChI=1S/C17H20N4O4S/c1-11-6-5-7-14(10-11)17-18-15(20-25-17)8-9-21(4)26(22,23)16-12(2)19-24-13(16)3/h5-7,10H,8-9H2,1-4H3. The summed E-state index contributed by atoms with van der Waals surface area (Å²) in [6.07, 6.45) is 0.328. The van der Waals surface area contributed by atoms with Gasteiger partial charge in [-0.15, -0.1) is 0 Å². The molecule has 0 bridgehead atoms. The van der Waals surface area contributed by atoms with Crippen LogP contribution in [0.5, 0.6) is 0 Å². The number of aromatic nitrogens is 3. The van der Waals surface area contributed by atoms with Gasteiger partial charge in [0.05, 0.1) is 0 Å². The van der Waals surface area contributed by atoms with E-state index in [-0.39, 0.29) is 17.2 Å². The molecule has 0 aliphatic heterocycles. The number of sulfonamides is 1. The molecule has 8 nitrogen and oxygen atoms in total. The fourth-order valence-corrected chi connectivity index (χ4v) is 4.08. The van der Waals surface area contributed by atoms with E-state index in [9.17, 15) is 8.42 Å². The van der Waals surface area contributed by atoms with Crippen LogP contribution in [0, 0.1) is 20.8 Å². The number of aryl methyl sites for hydroxylation is 3. The van der Waals surface area contributed by atoms with Crippen molar-refractivity contribution in [1.29, 1.82) is 0 Å². The predicted molar refractivity (Wildman–Crippen MR) is 94.0 cm³/mol. The summed E-state index contributed by atoms with van der Waals surface area (Å²) in [6.45, 7) is 5.37. The fourth-order valence-electron chi connectivity index (χ4n) is 2.63. The molecule has 0 atom stereocenters. The van der Waals surface area contributed by atoms with E-state index in [1.165, 1.54) is 11.4 Å². The van der Waals surface area contributed by atoms with Gasteiger partial charge in [-0.05, 0) is 32.9 Å². The van der Waals surface area contributed by atoms with E-state index in [1.807, 2.05) is 31.2 Å². The monoisotopic (exact) mass is 376 g/mol. The Morgan fingerprint density at radius 3 is 2.54 bits per heavy atom. The average molecular weight is 376 g/mol. The summed E-state index contributed by atoms with van der Waals surface area (Å²) in [5, 5.41) is 7.64. The van der Waals surface area contributed by atoms with E-state index in [0.29, 0.717) is 23.8 Å². The predicted octanol–water partition coefficient (Wildman–Crippen LogP) is 2.51. The van der Waals surface area contributed by atoms with Gasteiger partial charge in [-0.3, -0.25) is 0 Å². The Morgan fingerprint density at radius 1 is 1.12 bits per heavy atom. The second-order valence-electron chi connectivity index (χ2n) is 6.12. The third-order valence-electron chi connectivity index (χ3n) is 4.02. The van der Waals surface area contributed by atoms with Gasteiger partial charge in [0.15, 0.2) is 11.6 Å². The normalized spacial score (nSPS) is 12.0. The van der Waals surface area contributed by atoms with Crippen molar-refractivity contribution in [2.45, 2.75) is 32.1 Å². The maximum absolute atomic E-state index is 12.7. The molecule has 0 aliphatic rings. The second-order valence-corrected chi connectivity index (χ2v) is 8.10. The van der Waals surface area contributed by atoms with Crippen molar-refractivity contribution in [2.75, 3.05) is 13.6 Å². The van der Waals surface area contributed by atoms with E-state index in [1.54, 1.807) is 13.8 Å². The number of likely N-dealkylation sites (N-methyl/N-ethyl adjacent to an activating group) is 1. The van der Waals surface area contributed by atoms with E-state index in [4.69, 9.17) is 9.05 Å². The highest BCUT2D eigenvalue weighted by Gasteiger charge is 2.28. The first-order valence-electron chi connectivity index (χ1n) is 8.08. The molecule has 9 heteroatoms. The van der Waals surface area contributed by atoms with Crippen LogP contribution in [-0.2, 0) is 16.4 Å². The molecular formula is C17H20N4O4S. The topological polar surface area (TPSA) is 102 Å². The lowest BCUT2D eigenvalue weighted by Gasteiger charge is -2.15. The van der Waals surface area contributed by atoms with Crippen LogP contribution in [0.3, 0.4) is 0 Å². The van der Waals surface area contributed by atoms with E-state index >= 15 is 0 Å². The molecule has 0 N–H and O–H groups in total. The Morgan fingerprint density at radius 2 is 1.88 bits per heavy atom. The van der Waals surface area contributed by atoms with Gasteiger partial charge >= 0.3 is 0 Å². The summed E-state index contributed by atoms with van der Waals surface area (Å²) in [5.74, 6) is 1.14. The molecule has 0 aliphatic carbocycles. The van der Waals surface area contributed by atoms with Crippen molar-refractivity contribution in [2.24, 2.45) is 0 Å². The Hall–Kier alpha value is -2.52. The first-order valence-corrected chi connectivity index (χ1v) is 9.52. The Balaban J connectivity index is 1.71. The third kappa shape index (κ3) is 3.54. The van der Waals surface area contributed by atoms with Gasteiger partial charge < -0.3 is 9.05 Å². The summed E-state index contributed by atoms with van der Waals surface area (Å²) in [7, 11) is -2.18. The lowest BCUT2D eigenvalue weighted by atomic mass is 10.1. The molecule has 0 radical (unpaired) electrons. The number of rotatable bonds is 6. The quantitative estimate of drug-likeness (QED) is 0.651.